The summed E-state index contributed by atoms with van der Waals surface area (Å²) in [4.78, 5) is 29.7. The van der Waals surface area contributed by atoms with Gasteiger partial charge < -0.3 is 14.0 Å². The average molecular weight is 450 g/mol. The van der Waals surface area contributed by atoms with Crippen LogP contribution in [-0.4, -0.2) is 36.5 Å². The highest BCUT2D eigenvalue weighted by molar-refractivity contribution is 5.92. The van der Waals surface area contributed by atoms with Crippen LogP contribution < -0.4 is 5.56 Å². The van der Waals surface area contributed by atoms with Gasteiger partial charge in [0, 0.05) is 43.5 Å². The topological polar surface area (TPSA) is 93.2 Å². The Balaban J connectivity index is 1.61. The molecule has 0 fully saturated rings. The zero-order valence-corrected chi connectivity index (χ0v) is 18.8. The number of benzene rings is 1. The fourth-order valence-corrected chi connectivity index (χ4v) is 3.72. The van der Waals surface area contributed by atoms with Crippen LogP contribution in [0, 0.1) is 0 Å². The Morgan fingerprint density at radius 2 is 1.94 bits per heavy atom. The minimum atomic E-state index is -0.244. The van der Waals surface area contributed by atoms with Gasteiger partial charge in [0.1, 0.15) is 24.1 Å². The molecule has 0 amide bonds. The Morgan fingerprint density at radius 3 is 2.67 bits per heavy atom. The third-order valence-electron chi connectivity index (χ3n) is 5.28. The second-order valence-corrected chi connectivity index (χ2v) is 7.73. The molecule has 3 aromatic heterocycles. The molecule has 4 rings (SSSR count). The highest BCUT2D eigenvalue weighted by atomic mass is 16.5. The molecule has 0 bridgehead atoms. The molecule has 0 radical (unpaired) electrons. The van der Waals surface area contributed by atoms with Crippen LogP contribution in [0.25, 0.3) is 22.2 Å². The molecule has 0 aliphatic rings. The van der Waals surface area contributed by atoms with Crippen molar-refractivity contribution >= 4 is 17.0 Å². The number of nitrogens with zero attached hydrogens (tertiary/aromatic N) is 5. The van der Waals surface area contributed by atoms with E-state index >= 15 is 0 Å². The summed E-state index contributed by atoms with van der Waals surface area (Å²) in [6.07, 6.45) is 7.87. The Labute approximate surface area is 191 Å². The van der Waals surface area contributed by atoms with Crippen molar-refractivity contribution in [2.24, 2.45) is 7.05 Å². The molecule has 0 unspecified atom stereocenters. The number of fused-ring (bicyclic) bond motifs is 1. The normalized spacial score (nSPS) is 11.2. The van der Waals surface area contributed by atoms with Gasteiger partial charge in [-0.05, 0) is 18.9 Å². The number of rotatable bonds is 10. The quantitative estimate of drug-likeness (QED) is 0.346. The van der Waals surface area contributed by atoms with Crippen LogP contribution in [0.1, 0.15) is 25.3 Å². The molecule has 0 aliphatic heterocycles. The molecule has 33 heavy (non-hydrogen) atoms. The largest absolute Gasteiger partial charge is 0.466 e. The molecule has 9 heteroatoms. The molecule has 0 aliphatic carbocycles. The van der Waals surface area contributed by atoms with Crippen molar-refractivity contribution in [2.75, 3.05) is 6.61 Å². The summed E-state index contributed by atoms with van der Waals surface area (Å²) in [5.41, 5.74) is 3.60. The van der Waals surface area contributed by atoms with Gasteiger partial charge in [-0.25, -0.2) is 4.98 Å². The number of aryl methyl sites for hydroxylation is 2. The number of ether oxygens (including phenoxy) is 2. The first-order valence-corrected chi connectivity index (χ1v) is 10.9. The van der Waals surface area contributed by atoms with E-state index in [-0.39, 0.29) is 24.7 Å². The van der Waals surface area contributed by atoms with Crippen LogP contribution in [0.5, 0.6) is 0 Å². The first kappa shape index (κ1) is 22.5. The molecule has 3 heterocycles. The van der Waals surface area contributed by atoms with Gasteiger partial charge in [0.15, 0.2) is 0 Å². The Morgan fingerprint density at radius 1 is 1.12 bits per heavy atom. The second kappa shape index (κ2) is 10.3. The van der Waals surface area contributed by atoms with E-state index < -0.39 is 0 Å². The van der Waals surface area contributed by atoms with Crippen molar-refractivity contribution in [3.63, 3.8) is 0 Å². The lowest BCUT2D eigenvalue weighted by Gasteiger charge is -2.09. The summed E-state index contributed by atoms with van der Waals surface area (Å²) < 4.78 is 15.8. The molecule has 1 aromatic carbocycles. The SMILES string of the molecule is CCOC(=O)CCCn1cc(-c2cnn(C)c2)c2ncn(COCc3ccccc3)c(=O)c21. The number of hydrogen-bond acceptors (Lipinski definition) is 6. The molecule has 9 nitrogen and oxygen atoms in total. The van der Waals surface area contributed by atoms with E-state index in [1.807, 2.05) is 54.3 Å². The lowest BCUT2D eigenvalue weighted by Crippen LogP contribution is -2.23. The van der Waals surface area contributed by atoms with Crippen molar-refractivity contribution in [3.8, 4) is 11.1 Å². The van der Waals surface area contributed by atoms with Gasteiger partial charge in [-0.1, -0.05) is 30.3 Å². The number of hydrogen-bond donors (Lipinski definition) is 0. The van der Waals surface area contributed by atoms with E-state index in [0.29, 0.717) is 37.2 Å². The van der Waals surface area contributed by atoms with Crippen molar-refractivity contribution in [2.45, 2.75) is 39.6 Å². The van der Waals surface area contributed by atoms with E-state index in [4.69, 9.17) is 9.47 Å². The number of carbonyl (C=O) groups is 1. The van der Waals surface area contributed by atoms with Gasteiger partial charge in [-0.15, -0.1) is 0 Å². The maximum Gasteiger partial charge on any atom is 0.305 e. The Kier molecular flexibility index (Phi) is 6.99. The standard InChI is InChI=1S/C24H27N5O4/c1-3-33-21(30)10-7-11-28-14-20(19-12-26-27(2)13-19)22-23(28)24(31)29(16-25-22)17-32-15-18-8-5-4-6-9-18/h4-6,8-9,12-14,16H,3,7,10-11,15,17H2,1-2H3. The second-order valence-electron chi connectivity index (χ2n) is 7.73. The van der Waals surface area contributed by atoms with Crippen LogP contribution in [0.3, 0.4) is 0 Å². The maximum atomic E-state index is 13.4. The smallest absolute Gasteiger partial charge is 0.305 e. The van der Waals surface area contributed by atoms with E-state index in [0.717, 1.165) is 16.7 Å². The van der Waals surface area contributed by atoms with Crippen LogP contribution in [0.2, 0.25) is 0 Å². The molecule has 172 valence electrons. The summed E-state index contributed by atoms with van der Waals surface area (Å²) in [6, 6.07) is 9.78. The lowest BCUT2D eigenvalue weighted by atomic mass is 10.2. The van der Waals surface area contributed by atoms with E-state index in [2.05, 4.69) is 10.1 Å². The number of esters is 1. The van der Waals surface area contributed by atoms with E-state index in [1.54, 1.807) is 17.8 Å². The van der Waals surface area contributed by atoms with E-state index in [1.165, 1.54) is 10.9 Å². The zero-order valence-electron chi connectivity index (χ0n) is 18.8. The molecule has 0 spiro atoms. The van der Waals surface area contributed by atoms with Crippen molar-refractivity contribution in [1.29, 1.82) is 0 Å². The molecule has 0 N–H and O–H groups in total. The molecule has 0 saturated carbocycles. The first-order valence-electron chi connectivity index (χ1n) is 10.9. The highest BCUT2D eigenvalue weighted by Crippen LogP contribution is 2.27. The summed E-state index contributed by atoms with van der Waals surface area (Å²) in [6.45, 7) is 3.11. The summed E-state index contributed by atoms with van der Waals surface area (Å²) in [5, 5.41) is 4.24. The fourth-order valence-electron chi connectivity index (χ4n) is 3.72. The molecule has 0 saturated heterocycles. The first-order chi connectivity index (χ1) is 16.1. The Hall–Kier alpha value is -3.72. The fraction of sp³-hybridized carbons (Fsp3) is 0.333. The zero-order chi connectivity index (χ0) is 23.2. The summed E-state index contributed by atoms with van der Waals surface area (Å²) in [7, 11) is 1.84. The third-order valence-corrected chi connectivity index (χ3v) is 5.28. The van der Waals surface area contributed by atoms with Crippen LogP contribution in [-0.2, 0) is 41.2 Å². The maximum absolute atomic E-state index is 13.4. The molecular formula is C24H27N5O4. The van der Waals surface area contributed by atoms with Gasteiger partial charge in [0.25, 0.3) is 5.56 Å². The average Bonchev–Trinajstić information content (AvgIpc) is 3.40. The van der Waals surface area contributed by atoms with Crippen molar-refractivity contribution < 1.29 is 14.3 Å². The monoisotopic (exact) mass is 449 g/mol. The van der Waals surface area contributed by atoms with Gasteiger partial charge >= 0.3 is 5.97 Å². The van der Waals surface area contributed by atoms with Gasteiger partial charge in [-0.2, -0.15) is 5.10 Å². The Bertz CT molecular complexity index is 1290. The van der Waals surface area contributed by atoms with Crippen LogP contribution in [0.15, 0.2) is 60.0 Å². The predicted octanol–water partition coefficient (Wildman–Crippen LogP) is 3.12. The van der Waals surface area contributed by atoms with Gasteiger partial charge in [-0.3, -0.25) is 18.8 Å². The lowest BCUT2D eigenvalue weighted by molar-refractivity contribution is -0.143. The van der Waals surface area contributed by atoms with Gasteiger partial charge in [0.2, 0.25) is 0 Å². The van der Waals surface area contributed by atoms with E-state index in [9.17, 15) is 9.59 Å². The number of carbonyl (C=O) groups excluding carboxylic acids is 1. The van der Waals surface area contributed by atoms with Crippen molar-refractivity contribution in [1.82, 2.24) is 23.9 Å². The van der Waals surface area contributed by atoms with Crippen molar-refractivity contribution in [3.05, 3.63) is 71.2 Å². The summed E-state index contributed by atoms with van der Waals surface area (Å²) >= 11 is 0. The minimum absolute atomic E-state index is 0.0902. The van der Waals surface area contributed by atoms with Crippen LogP contribution >= 0.6 is 0 Å². The third kappa shape index (κ3) is 5.20. The van der Waals surface area contributed by atoms with Gasteiger partial charge in [0.05, 0.1) is 19.4 Å². The summed E-state index contributed by atoms with van der Waals surface area (Å²) in [5.74, 6) is -0.244. The minimum Gasteiger partial charge on any atom is -0.466 e. The molecular weight excluding hydrogens is 422 g/mol. The predicted molar refractivity (Wildman–Crippen MR) is 123 cm³/mol. The highest BCUT2D eigenvalue weighted by Gasteiger charge is 2.17. The van der Waals surface area contributed by atoms with Crippen LogP contribution in [0.4, 0.5) is 0 Å². The number of aromatic nitrogens is 5. The molecule has 4 aromatic rings. The molecule has 0 atom stereocenters.